The lowest BCUT2D eigenvalue weighted by Crippen LogP contribution is -2.24. The van der Waals surface area contributed by atoms with Crippen molar-refractivity contribution < 1.29 is 4.74 Å². The standard InChI is InChI=1S/C15H13N3O2/c19-15-17-8-4-3-7-14(17)16-18(15)9-11-10-20-13-6-2-1-5-12(11)13/h1-8,11H,9-10H2. The van der Waals surface area contributed by atoms with Gasteiger partial charge in [-0.25, -0.2) is 9.48 Å². The molecule has 1 aromatic carbocycles. The first-order valence-electron chi connectivity index (χ1n) is 6.59. The number of para-hydroxylation sites is 1. The van der Waals surface area contributed by atoms with E-state index in [2.05, 4.69) is 5.10 Å². The van der Waals surface area contributed by atoms with Crippen molar-refractivity contribution in [1.29, 1.82) is 0 Å². The first kappa shape index (κ1) is 11.3. The fraction of sp³-hybridized carbons (Fsp3) is 0.200. The van der Waals surface area contributed by atoms with Crippen LogP contribution in [0.3, 0.4) is 0 Å². The summed E-state index contributed by atoms with van der Waals surface area (Å²) in [4.78, 5) is 12.3. The second kappa shape index (κ2) is 4.23. The van der Waals surface area contributed by atoms with Gasteiger partial charge in [0.1, 0.15) is 5.75 Å². The van der Waals surface area contributed by atoms with Crippen LogP contribution in [-0.2, 0) is 6.54 Å². The summed E-state index contributed by atoms with van der Waals surface area (Å²) in [6, 6.07) is 13.5. The molecule has 0 bridgehead atoms. The maximum absolute atomic E-state index is 12.3. The lowest BCUT2D eigenvalue weighted by atomic mass is 10.0. The van der Waals surface area contributed by atoms with Crippen molar-refractivity contribution in [3.05, 3.63) is 64.7 Å². The molecule has 3 heterocycles. The van der Waals surface area contributed by atoms with Gasteiger partial charge in [-0.15, -0.1) is 5.10 Å². The molecular weight excluding hydrogens is 254 g/mol. The van der Waals surface area contributed by atoms with Crippen molar-refractivity contribution in [3.63, 3.8) is 0 Å². The lowest BCUT2D eigenvalue weighted by molar-refractivity contribution is 0.313. The summed E-state index contributed by atoms with van der Waals surface area (Å²) in [6.07, 6.45) is 1.74. The fourth-order valence-electron chi connectivity index (χ4n) is 2.68. The first-order chi connectivity index (χ1) is 9.83. The predicted molar refractivity (Wildman–Crippen MR) is 74.1 cm³/mol. The Balaban J connectivity index is 1.72. The van der Waals surface area contributed by atoms with Gasteiger partial charge in [0.2, 0.25) is 0 Å². The highest BCUT2D eigenvalue weighted by Crippen LogP contribution is 2.33. The summed E-state index contributed by atoms with van der Waals surface area (Å²) in [5.41, 5.74) is 1.71. The Hall–Kier alpha value is -2.56. The SMILES string of the molecule is O=c1n(CC2COc3ccccc32)nc2ccccn12. The number of hydrogen-bond donors (Lipinski definition) is 0. The topological polar surface area (TPSA) is 48.5 Å². The molecule has 100 valence electrons. The number of fused-ring (bicyclic) bond motifs is 2. The smallest absolute Gasteiger partial charge is 0.350 e. The highest BCUT2D eigenvalue weighted by atomic mass is 16.5. The quantitative estimate of drug-likeness (QED) is 0.709. The summed E-state index contributed by atoms with van der Waals surface area (Å²) >= 11 is 0. The summed E-state index contributed by atoms with van der Waals surface area (Å²) in [5, 5.41) is 4.36. The third kappa shape index (κ3) is 1.63. The number of hydrogen-bond acceptors (Lipinski definition) is 3. The Morgan fingerprint density at radius 2 is 2.05 bits per heavy atom. The van der Waals surface area contributed by atoms with E-state index in [0.717, 1.165) is 11.3 Å². The van der Waals surface area contributed by atoms with Crippen molar-refractivity contribution in [2.45, 2.75) is 12.5 Å². The van der Waals surface area contributed by atoms with Crippen molar-refractivity contribution in [2.24, 2.45) is 0 Å². The number of rotatable bonds is 2. The summed E-state index contributed by atoms with van der Waals surface area (Å²) in [7, 11) is 0. The highest BCUT2D eigenvalue weighted by Gasteiger charge is 2.25. The van der Waals surface area contributed by atoms with E-state index < -0.39 is 0 Å². The minimum atomic E-state index is -0.106. The monoisotopic (exact) mass is 267 g/mol. The number of benzene rings is 1. The first-order valence-corrected chi connectivity index (χ1v) is 6.59. The molecule has 0 aliphatic carbocycles. The average molecular weight is 267 g/mol. The minimum Gasteiger partial charge on any atom is -0.493 e. The van der Waals surface area contributed by atoms with Crippen LogP contribution in [0.1, 0.15) is 11.5 Å². The fourth-order valence-corrected chi connectivity index (χ4v) is 2.68. The van der Waals surface area contributed by atoms with Gasteiger partial charge < -0.3 is 4.74 Å². The molecule has 20 heavy (non-hydrogen) atoms. The van der Waals surface area contributed by atoms with E-state index in [1.54, 1.807) is 10.6 Å². The van der Waals surface area contributed by atoms with Gasteiger partial charge in [-0.1, -0.05) is 24.3 Å². The van der Waals surface area contributed by atoms with Crippen LogP contribution in [0.2, 0.25) is 0 Å². The number of aromatic nitrogens is 3. The highest BCUT2D eigenvalue weighted by molar-refractivity contribution is 5.40. The summed E-state index contributed by atoms with van der Waals surface area (Å²) < 4.78 is 8.72. The van der Waals surface area contributed by atoms with Gasteiger partial charge in [0, 0.05) is 17.7 Å². The summed E-state index contributed by atoms with van der Waals surface area (Å²) in [5.74, 6) is 1.09. The molecule has 1 unspecified atom stereocenters. The van der Waals surface area contributed by atoms with Gasteiger partial charge in [0.25, 0.3) is 0 Å². The summed E-state index contributed by atoms with van der Waals surface area (Å²) in [6.45, 7) is 1.14. The van der Waals surface area contributed by atoms with E-state index in [4.69, 9.17) is 4.74 Å². The third-order valence-electron chi connectivity index (χ3n) is 3.68. The molecule has 1 aliphatic rings. The van der Waals surface area contributed by atoms with Crippen molar-refractivity contribution in [1.82, 2.24) is 14.2 Å². The van der Waals surface area contributed by atoms with E-state index >= 15 is 0 Å². The molecule has 5 heteroatoms. The molecule has 0 spiro atoms. The van der Waals surface area contributed by atoms with Crippen LogP contribution in [0.4, 0.5) is 0 Å². The second-order valence-corrected chi connectivity index (χ2v) is 4.94. The Bertz CT molecular complexity index is 834. The van der Waals surface area contributed by atoms with Crippen LogP contribution in [0.15, 0.2) is 53.5 Å². The van der Waals surface area contributed by atoms with Crippen molar-refractivity contribution in [2.75, 3.05) is 6.61 Å². The van der Waals surface area contributed by atoms with E-state index in [0.29, 0.717) is 18.8 Å². The molecule has 0 radical (unpaired) electrons. The van der Waals surface area contributed by atoms with Crippen molar-refractivity contribution >= 4 is 5.65 Å². The second-order valence-electron chi connectivity index (χ2n) is 4.94. The number of ether oxygens (including phenoxy) is 1. The van der Waals surface area contributed by atoms with Gasteiger partial charge in [0.05, 0.1) is 13.2 Å². The van der Waals surface area contributed by atoms with Crippen LogP contribution in [-0.4, -0.2) is 20.8 Å². The molecule has 0 N–H and O–H groups in total. The van der Waals surface area contributed by atoms with Gasteiger partial charge >= 0.3 is 5.69 Å². The Morgan fingerprint density at radius 3 is 2.95 bits per heavy atom. The number of pyridine rings is 1. The molecule has 0 fully saturated rings. The van der Waals surface area contributed by atoms with Gasteiger partial charge in [-0.3, -0.25) is 4.40 Å². The minimum absolute atomic E-state index is 0.106. The molecule has 0 amide bonds. The zero-order chi connectivity index (χ0) is 13.5. The van der Waals surface area contributed by atoms with Gasteiger partial charge in [0.15, 0.2) is 5.65 Å². The van der Waals surface area contributed by atoms with E-state index in [1.807, 2.05) is 42.5 Å². The largest absolute Gasteiger partial charge is 0.493 e. The molecule has 5 nitrogen and oxygen atoms in total. The van der Waals surface area contributed by atoms with E-state index in [-0.39, 0.29) is 11.6 Å². The van der Waals surface area contributed by atoms with E-state index in [1.165, 1.54) is 4.68 Å². The Morgan fingerprint density at radius 1 is 1.20 bits per heavy atom. The normalized spacial score (nSPS) is 17.1. The molecule has 2 aromatic heterocycles. The Kier molecular flexibility index (Phi) is 2.39. The molecule has 0 saturated heterocycles. The third-order valence-corrected chi connectivity index (χ3v) is 3.68. The molecule has 1 aliphatic heterocycles. The average Bonchev–Trinajstić information content (AvgIpc) is 3.03. The van der Waals surface area contributed by atoms with E-state index in [9.17, 15) is 4.79 Å². The Labute approximate surface area is 115 Å². The zero-order valence-electron chi connectivity index (χ0n) is 10.8. The van der Waals surface area contributed by atoms with Crippen LogP contribution >= 0.6 is 0 Å². The van der Waals surface area contributed by atoms with Crippen molar-refractivity contribution in [3.8, 4) is 5.75 Å². The zero-order valence-corrected chi connectivity index (χ0v) is 10.8. The maximum atomic E-state index is 12.3. The molecule has 0 saturated carbocycles. The molecular formula is C15H13N3O2. The maximum Gasteiger partial charge on any atom is 0.350 e. The van der Waals surface area contributed by atoms with Crippen LogP contribution in [0.25, 0.3) is 5.65 Å². The van der Waals surface area contributed by atoms with Gasteiger partial charge in [-0.2, -0.15) is 0 Å². The van der Waals surface area contributed by atoms with Crippen LogP contribution in [0.5, 0.6) is 5.75 Å². The predicted octanol–water partition coefficient (Wildman–Crippen LogP) is 1.67. The molecule has 3 aromatic rings. The van der Waals surface area contributed by atoms with Gasteiger partial charge in [-0.05, 0) is 18.2 Å². The van der Waals surface area contributed by atoms with Crippen LogP contribution < -0.4 is 10.4 Å². The molecule has 1 atom stereocenters. The lowest BCUT2D eigenvalue weighted by Gasteiger charge is -2.07. The van der Waals surface area contributed by atoms with Crippen LogP contribution in [0, 0.1) is 0 Å². The molecule has 4 rings (SSSR count). The number of nitrogens with zero attached hydrogens (tertiary/aromatic N) is 3.